The average Bonchev–Trinajstić information content (AvgIpc) is 2.86. The van der Waals surface area contributed by atoms with Crippen molar-refractivity contribution in [3.63, 3.8) is 0 Å². The van der Waals surface area contributed by atoms with E-state index in [2.05, 4.69) is 23.9 Å². The quantitative estimate of drug-likeness (QED) is 0.392. The van der Waals surface area contributed by atoms with Crippen LogP contribution >= 0.6 is 0 Å². The summed E-state index contributed by atoms with van der Waals surface area (Å²) in [7, 11) is 3.86. The molecule has 0 unspecified atom stereocenters. The van der Waals surface area contributed by atoms with Crippen molar-refractivity contribution >= 4 is 15.8 Å². The van der Waals surface area contributed by atoms with Crippen LogP contribution in [0.5, 0.6) is 5.75 Å². The highest BCUT2D eigenvalue weighted by Crippen LogP contribution is 2.33. The third-order valence-corrected chi connectivity index (χ3v) is 10.8. The Bertz CT molecular complexity index is 971. The first-order valence-corrected chi connectivity index (χ1v) is 15.5. The number of carbonyl (C=O) groups excluding carboxylic acids is 1. The van der Waals surface area contributed by atoms with Crippen LogP contribution in [0, 0.1) is 25.7 Å². The van der Waals surface area contributed by atoms with Gasteiger partial charge >= 0.3 is 0 Å². The van der Waals surface area contributed by atoms with E-state index in [0.717, 1.165) is 18.4 Å². The molecule has 0 aromatic heterocycles. The summed E-state index contributed by atoms with van der Waals surface area (Å²) >= 11 is 0. The lowest BCUT2D eigenvalue weighted by Gasteiger charge is -2.38. The molecule has 37 heavy (non-hydrogen) atoms. The van der Waals surface area contributed by atoms with Crippen LogP contribution in [0.1, 0.15) is 68.9 Å². The Hall–Kier alpha value is -1.48. The van der Waals surface area contributed by atoms with Gasteiger partial charge in [-0.05, 0) is 108 Å². The molecule has 1 saturated heterocycles. The number of likely N-dealkylation sites (tertiary alicyclic amines) is 1. The van der Waals surface area contributed by atoms with E-state index >= 15 is 0 Å². The maximum atomic E-state index is 13.2. The Balaban J connectivity index is 1.37. The molecule has 1 aromatic carbocycles. The minimum absolute atomic E-state index is 0.163. The average molecular weight is 536 g/mol. The first-order chi connectivity index (χ1) is 17.5. The van der Waals surface area contributed by atoms with Gasteiger partial charge in [0, 0.05) is 39.0 Å². The van der Waals surface area contributed by atoms with E-state index in [0.29, 0.717) is 34.1 Å². The van der Waals surface area contributed by atoms with Crippen LogP contribution in [-0.2, 0) is 14.8 Å². The van der Waals surface area contributed by atoms with E-state index in [9.17, 15) is 13.2 Å². The zero-order valence-corrected chi connectivity index (χ0v) is 24.8. The molecule has 0 bridgehead atoms. The number of rotatable bonds is 12. The molecule has 0 spiro atoms. The number of aryl methyl sites for hydroxylation is 2. The first-order valence-electron chi connectivity index (χ1n) is 14.0. The lowest BCUT2D eigenvalue weighted by molar-refractivity contribution is -0.119. The van der Waals surface area contributed by atoms with Gasteiger partial charge in [-0.1, -0.05) is 12.8 Å². The molecule has 2 aliphatic rings. The summed E-state index contributed by atoms with van der Waals surface area (Å²) in [5, 5.41) is 0. The van der Waals surface area contributed by atoms with Gasteiger partial charge in [0.05, 0.1) is 12.0 Å². The van der Waals surface area contributed by atoms with Crippen molar-refractivity contribution in [2.75, 3.05) is 54.4 Å². The Kier molecular flexibility index (Phi) is 11.0. The highest BCUT2D eigenvalue weighted by molar-refractivity contribution is 7.89. The largest absolute Gasteiger partial charge is 0.497 e. The van der Waals surface area contributed by atoms with E-state index in [1.165, 1.54) is 62.5 Å². The molecule has 1 aromatic rings. The van der Waals surface area contributed by atoms with E-state index in [1.807, 2.05) is 0 Å². The standard InChI is InChI=1S/C29H49N3O4S/c1-22-19-28(36-6)20-23(2)29(22)37(34,35)31(5)16-15-27(33)12-11-24-7-9-25(10-8-24)21-32-17-13-26(14-18-32)30(3)4/h19-20,24-26H,7-18,21H2,1-6H3. The molecule has 3 rings (SSSR count). The lowest BCUT2D eigenvalue weighted by atomic mass is 9.79. The molecule has 8 heteroatoms. The van der Waals surface area contributed by atoms with Gasteiger partial charge in [0.2, 0.25) is 10.0 Å². The number of ketones is 1. The maximum Gasteiger partial charge on any atom is 0.243 e. The molecule has 1 aliphatic carbocycles. The van der Waals surface area contributed by atoms with Crippen LogP contribution < -0.4 is 4.74 Å². The van der Waals surface area contributed by atoms with Crippen molar-refractivity contribution < 1.29 is 17.9 Å². The summed E-state index contributed by atoms with van der Waals surface area (Å²) in [6, 6.07) is 4.21. The number of hydrogen-bond donors (Lipinski definition) is 0. The van der Waals surface area contributed by atoms with Crippen LogP contribution in [0.4, 0.5) is 0 Å². The number of ether oxygens (including phenoxy) is 1. The Morgan fingerprint density at radius 1 is 0.946 bits per heavy atom. The second-order valence-corrected chi connectivity index (χ2v) is 13.6. The minimum atomic E-state index is -3.66. The molecule has 1 aliphatic heterocycles. The molecular formula is C29H49N3O4S. The zero-order chi connectivity index (χ0) is 27.2. The minimum Gasteiger partial charge on any atom is -0.497 e. The Labute approximate surface area is 225 Å². The highest BCUT2D eigenvalue weighted by atomic mass is 32.2. The second kappa shape index (κ2) is 13.5. The molecule has 7 nitrogen and oxygen atoms in total. The molecule has 210 valence electrons. The van der Waals surface area contributed by atoms with Crippen molar-refractivity contribution in [3.05, 3.63) is 23.3 Å². The summed E-state index contributed by atoms with van der Waals surface area (Å²) in [5.74, 6) is 2.24. The highest BCUT2D eigenvalue weighted by Gasteiger charge is 2.28. The number of methoxy groups -OCH3 is 1. The van der Waals surface area contributed by atoms with Crippen molar-refractivity contribution in [1.82, 2.24) is 14.1 Å². The third kappa shape index (κ3) is 8.25. The van der Waals surface area contributed by atoms with Gasteiger partial charge in [-0.15, -0.1) is 0 Å². The number of benzene rings is 1. The number of hydrogen-bond acceptors (Lipinski definition) is 6. The Morgan fingerprint density at radius 2 is 1.51 bits per heavy atom. The molecule has 0 atom stereocenters. The fourth-order valence-electron chi connectivity index (χ4n) is 6.17. The predicted molar refractivity (Wildman–Crippen MR) is 150 cm³/mol. The van der Waals surface area contributed by atoms with Gasteiger partial charge in [0.25, 0.3) is 0 Å². The monoisotopic (exact) mass is 535 g/mol. The van der Waals surface area contributed by atoms with Crippen molar-refractivity contribution in [2.45, 2.75) is 82.6 Å². The van der Waals surface area contributed by atoms with Gasteiger partial charge in [0.1, 0.15) is 11.5 Å². The zero-order valence-electron chi connectivity index (χ0n) is 24.0. The summed E-state index contributed by atoms with van der Waals surface area (Å²) < 4.78 is 32.9. The van der Waals surface area contributed by atoms with Crippen LogP contribution in [0.2, 0.25) is 0 Å². The van der Waals surface area contributed by atoms with Gasteiger partial charge in [-0.2, -0.15) is 0 Å². The number of carbonyl (C=O) groups is 1. The van der Waals surface area contributed by atoms with Crippen molar-refractivity contribution in [2.24, 2.45) is 11.8 Å². The van der Waals surface area contributed by atoms with Gasteiger partial charge < -0.3 is 14.5 Å². The Morgan fingerprint density at radius 3 is 2.05 bits per heavy atom. The summed E-state index contributed by atoms with van der Waals surface area (Å²) in [5.41, 5.74) is 1.31. The van der Waals surface area contributed by atoms with Crippen molar-refractivity contribution in [3.8, 4) is 5.75 Å². The number of sulfonamides is 1. The first kappa shape index (κ1) is 30.1. The fraction of sp³-hybridized carbons (Fsp3) is 0.759. The molecule has 0 amide bonds. The van der Waals surface area contributed by atoms with E-state index in [-0.39, 0.29) is 18.7 Å². The molecule has 1 saturated carbocycles. The van der Waals surface area contributed by atoms with Crippen LogP contribution in [-0.4, -0.2) is 88.8 Å². The molecule has 1 heterocycles. The smallest absolute Gasteiger partial charge is 0.243 e. The van der Waals surface area contributed by atoms with Gasteiger partial charge in [0.15, 0.2) is 0 Å². The fourth-order valence-corrected chi connectivity index (χ4v) is 7.74. The SMILES string of the molecule is COc1cc(C)c(S(=O)(=O)N(C)CCC(=O)CCC2CCC(CN3CCC(N(C)C)CC3)CC2)c(C)c1. The predicted octanol–water partition coefficient (Wildman–Crippen LogP) is 4.50. The number of piperidine rings is 1. The van der Waals surface area contributed by atoms with Crippen LogP contribution in [0.3, 0.4) is 0 Å². The van der Waals surface area contributed by atoms with E-state index < -0.39 is 10.0 Å². The second-order valence-electron chi connectivity index (χ2n) is 11.6. The number of Topliss-reactive ketones (excluding diaryl/α,β-unsaturated/α-hetero) is 1. The van der Waals surface area contributed by atoms with E-state index in [1.54, 1.807) is 40.1 Å². The normalized spacial score (nSPS) is 22.1. The third-order valence-electron chi connectivity index (χ3n) is 8.64. The summed E-state index contributed by atoms with van der Waals surface area (Å²) in [4.78, 5) is 18.0. The van der Waals surface area contributed by atoms with E-state index in [4.69, 9.17) is 4.74 Å². The molecule has 2 fully saturated rings. The molecule has 0 radical (unpaired) electrons. The molecular weight excluding hydrogens is 486 g/mol. The maximum absolute atomic E-state index is 13.2. The lowest BCUT2D eigenvalue weighted by Crippen LogP contribution is -2.43. The topological polar surface area (TPSA) is 70.2 Å². The van der Waals surface area contributed by atoms with Gasteiger partial charge in [-0.25, -0.2) is 12.7 Å². The number of nitrogens with zero attached hydrogens (tertiary/aromatic N) is 3. The van der Waals surface area contributed by atoms with Crippen molar-refractivity contribution in [1.29, 1.82) is 0 Å². The van der Waals surface area contributed by atoms with Crippen LogP contribution in [0.15, 0.2) is 17.0 Å². The summed E-state index contributed by atoms with van der Waals surface area (Å²) in [6.45, 7) is 7.45. The summed E-state index contributed by atoms with van der Waals surface area (Å²) in [6.07, 6.45) is 9.30. The molecule has 0 N–H and O–H groups in total. The van der Waals surface area contributed by atoms with Gasteiger partial charge in [-0.3, -0.25) is 4.79 Å². The van der Waals surface area contributed by atoms with Crippen LogP contribution in [0.25, 0.3) is 0 Å².